The summed E-state index contributed by atoms with van der Waals surface area (Å²) in [5.41, 5.74) is 0. The van der Waals surface area contributed by atoms with Crippen LogP contribution >= 0.6 is 0 Å². The van der Waals surface area contributed by atoms with E-state index in [0.29, 0.717) is 0 Å². The van der Waals surface area contributed by atoms with E-state index in [2.05, 4.69) is 0 Å². The molecule has 0 radical (unpaired) electrons. The molecule has 0 aromatic heterocycles. The Balaban J connectivity index is 0. The summed E-state index contributed by atoms with van der Waals surface area (Å²) >= 11 is 0. The summed E-state index contributed by atoms with van der Waals surface area (Å²) in [5.74, 6) is -0.833. The lowest BCUT2D eigenvalue weighted by atomic mass is 10.4. The summed E-state index contributed by atoms with van der Waals surface area (Å²) in [6, 6.07) is 0. The van der Waals surface area contributed by atoms with Gasteiger partial charge >= 0.3 is 0 Å². The Morgan fingerprint density at radius 2 is 1.90 bits per heavy atom. The fourth-order valence-electron chi connectivity index (χ4n) is 0.241. The lowest BCUT2D eigenvalue weighted by Gasteiger charge is -1.72. The molecule has 0 spiro atoms. The second-order valence-electron chi connectivity index (χ2n) is 1.58. The first kappa shape index (κ1) is 11.9. The number of allylic oxidation sites excluding steroid dienone is 1. The standard InChI is InChI=1S/C5H10O.C2H4O2/c1-2-3-4-5-6;1-2(3)4/h3-4,6H,2,5H2,1H3;1H3,(H,3,4)/b4-3+;. The molecule has 0 aliphatic heterocycles. The van der Waals surface area contributed by atoms with Crippen LogP contribution in [0.1, 0.15) is 20.3 Å². The van der Waals surface area contributed by atoms with Gasteiger partial charge in [-0.15, -0.1) is 0 Å². The van der Waals surface area contributed by atoms with Gasteiger partial charge in [0, 0.05) is 6.92 Å². The minimum Gasteiger partial charge on any atom is -0.481 e. The molecule has 0 unspecified atom stereocenters. The highest BCUT2D eigenvalue weighted by Gasteiger charge is 1.65. The van der Waals surface area contributed by atoms with Gasteiger partial charge in [-0.25, -0.2) is 0 Å². The van der Waals surface area contributed by atoms with E-state index >= 15 is 0 Å². The second-order valence-corrected chi connectivity index (χ2v) is 1.58. The first-order valence-electron chi connectivity index (χ1n) is 3.10. The zero-order chi connectivity index (χ0) is 8.41. The van der Waals surface area contributed by atoms with Crippen molar-refractivity contribution in [2.24, 2.45) is 0 Å². The Bertz CT molecular complexity index is 87.0. The van der Waals surface area contributed by atoms with E-state index in [4.69, 9.17) is 15.0 Å². The van der Waals surface area contributed by atoms with Gasteiger partial charge in [0.1, 0.15) is 0 Å². The molecule has 60 valence electrons. The van der Waals surface area contributed by atoms with Crippen LogP contribution in [0.5, 0.6) is 0 Å². The summed E-state index contributed by atoms with van der Waals surface area (Å²) in [5, 5.41) is 15.5. The summed E-state index contributed by atoms with van der Waals surface area (Å²) in [6.45, 7) is 3.29. The largest absolute Gasteiger partial charge is 0.481 e. The number of aliphatic hydroxyl groups excluding tert-OH is 1. The maximum absolute atomic E-state index is 9.00. The van der Waals surface area contributed by atoms with Crippen molar-refractivity contribution in [2.75, 3.05) is 6.61 Å². The van der Waals surface area contributed by atoms with E-state index in [1.165, 1.54) is 0 Å². The summed E-state index contributed by atoms with van der Waals surface area (Å²) in [4.78, 5) is 9.00. The molecule has 0 saturated heterocycles. The summed E-state index contributed by atoms with van der Waals surface area (Å²) in [7, 11) is 0. The molecule has 0 amide bonds. The van der Waals surface area contributed by atoms with Gasteiger partial charge in [0.05, 0.1) is 6.61 Å². The molecular weight excluding hydrogens is 132 g/mol. The monoisotopic (exact) mass is 146 g/mol. The average molecular weight is 146 g/mol. The van der Waals surface area contributed by atoms with E-state index in [0.717, 1.165) is 13.3 Å². The minimum absolute atomic E-state index is 0.174. The first-order valence-corrected chi connectivity index (χ1v) is 3.10. The molecule has 0 atom stereocenters. The minimum atomic E-state index is -0.833. The molecule has 0 saturated carbocycles. The summed E-state index contributed by atoms with van der Waals surface area (Å²) in [6.07, 6.45) is 4.68. The van der Waals surface area contributed by atoms with E-state index in [1.54, 1.807) is 6.08 Å². The van der Waals surface area contributed by atoms with Crippen molar-refractivity contribution in [1.29, 1.82) is 0 Å². The van der Waals surface area contributed by atoms with Crippen molar-refractivity contribution >= 4 is 5.97 Å². The maximum atomic E-state index is 9.00. The van der Waals surface area contributed by atoms with Crippen LogP contribution in [0.15, 0.2) is 12.2 Å². The van der Waals surface area contributed by atoms with Gasteiger partial charge in [0.15, 0.2) is 0 Å². The number of carboxylic acid groups (broad SMARTS) is 1. The number of aliphatic carboxylic acids is 1. The Labute approximate surface area is 61.0 Å². The van der Waals surface area contributed by atoms with Crippen LogP contribution in [0.2, 0.25) is 0 Å². The van der Waals surface area contributed by atoms with Crippen LogP contribution in [0.25, 0.3) is 0 Å². The Morgan fingerprint density at radius 3 is 2.00 bits per heavy atom. The molecule has 3 heteroatoms. The van der Waals surface area contributed by atoms with Gasteiger partial charge in [-0.2, -0.15) is 0 Å². The van der Waals surface area contributed by atoms with Crippen LogP contribution in [0, 0.1) is 0 Å². The zero-order valence-corrected chi connectivity index (χ0v) is 6.37. The molecule has 0 aliphatic carbocycles. The van der Waals surface area contributed by atoms with Gasteiger partial charge in [0.2, 0.25) is 0 Å². The second kappa shape index (κ2) is 11.0. The molecule has 0 bridgehead atoms. The highest BCUT2D eigenvalue weighted by atomic mass is 16.4. The number of hydrogen-bond acceptors (Lipinski definition) is 2. The Hall–Kier alpha value is -0.830. The van der Waals surface area contributed by atoms with Crippen molar-refractivity contribution in [3.05, 3.63) is 12.2 Å². The number of carbonyl (C=O) groups is 1. The molecular formula is C7H14O3. The number of hydrogen-bond donors (Lipinski definition) is 2. The predicted octanol–water partition coefficient (Wildman–Crippen LogP) is 1.04. The van der Waals surface area contributed by atoms with Gasteiger partial charge in [-0.3, -0.25) is 4.79 Å². The molecule has 0 aliphatic rings. The van der Waals surface area contributed by atoms with E-state index in [1.807, 2.05) is 13.0 Å². The number of aliphatic hydroxyl groups is 1. The predicted molar refractivity (Wildman–Crippen MR) is 39.8 cm³/mol. The van der Waals surface area contributed by atoms with Gasteiger partial charge in [0.25, 0.3) is 5.97 Å². The van der Waals surface area contributed by atoms with Crippen molar-refractivity contribution in [3.63, 3.8) is 0 Å². The normalized spacial score (nSPS) is 8.70. The highest BCUT2D eigenvalue weighted by molar-refractivity contribution is 5.62. The SMILES string of the molecule is CC(=O)O.CC/C=C/CO. The fourth-order valence-corrected chi connectivity index (χ4v) is 0.241. The van der Waals surface area contributed by atoms with E-state index < -0.39 is 5.97 Å². The van der Waals surface area contributed by atoms with Crippen molar-refractivity contribution < 1.29 is 15.0 Å². The van der Waals surface area contributed by atoms with E-state index in [-0.39, 0.29) is 6.61 Å². The van der Waals surface area contributed by atoms with Crippen molar-refractivity contribution in [2.45, 2.75) is 20.3 Å². The van der Waals surface area contributed by atoms with Crippen LogP contribution in [-0.2, 0) is 4.79 Å². The maximum Gasteiger partial charge on any atom is 0.300 e. The first-order chi connectivity index (χ1) is 4.65. The third-order valence-electron chi connectivity index (χ3n) is 0.508. The molecule has 0 aromatic rings. The highest BCUT2D eigenvalue weighted by Crippen LogP contribution is 1.74. The third kappa shape index (κ3) is 58.0. The summed E-state index contributed by atoms with van der Waals surface area (Å²) < 4.78 is 0. The van der Waals surface area contributed by atoms with Crippen LogP contribution in [-0.4, -0.2) is 22.8 Å². The van der Waals surface area contributed by atoms with Gasteiger partial charge in [-0.1, -0.05) is 19.1 Å². The van der Waals surface area contributed by atoms with Crippen molar-refractivity contribution in [3.8, 4) is 0 Å². The van der Waals surface area contributed by atoms with Gasteiger partial charge in [-0.05, 0) is 6.42 Å². The third-order valence-corrected chi connectivity index (χ3v) is 0.508. The smallest absolute Gasteiger partial charge is 0.300 e. The van der Waals surface area contributed by atoms with E-state index in [9.17, 15) is 0 Å². The molecule has 3 nitrogen and oxygen atoms in total. The Kier molecular flexibility index (Phi) is 13.1. The number of rotatable bonds is 2. The average Bonchev–Trinajstić information content (AvgIpc) is 1.82. The lowest BCUT2D eigenvalue weighted by molar-refractivity contribution is -0.134. The molecule has 0 aromatic carbocycles. The molecule has 0 rings (SSSR count). The molecule has 0 heterocycles. The molecule has 2 N–H and O–H groups in total. The van der Waals surface area contributed by atoms with Crippen LogP contribution in [0.4, 0.5) is 0 Å². The van der Waals surface area contributed by atoms with Crippen LogP contribution in [0.3, 0.4) is 0 Å². The van der Waals surface area contributed by atoms with Crippen LogP contribution < -0.4 is 0 Å². The topological polar surface area (TPSA) is 57.5 Å². The fraction of sp³-hybridized carbons (Fsp3) is 0.571. The zero-order valence-electron chi connectivity index (χ0n) is 6.37. The number of carboxylic acids is 1. The lowest BCUT2D eigenvalue weighted by Crippen LogP contribution is -1.78. The van der Waals surface area contributed by atoms with Gasteiger partial charge < -0.3 is 10.2 Å². The molecule has 10 heavy (non-hydrogen) atoms. The molecule has 0 fully saturated rings. The quantitative estimate of drug-likeness (QED) is 0.572. The Morgan fingerprint density at radius 1 is 1.50 bits per heavy atom. The van der Waals surface area contributed by atoms with Crippen molar-refractivity contribution in [1.82, 2.24) is 0 Å².